The van der Waals surface area contributed by atoms with Crippen molar-refractivity contribution < 1.29 is 4.79 Å². The molecule has 2 rings (SSSR count). The molecule has 0 spiro atoms. The van der Waals surface area contributed by atoms with E-state index in [0.717, 1.165) is 18.5 Å². The molecule has 2 unspecified atom stereocenters. The van der Waals surface area contributed by atoms with E-state index in [-0.39, 0.29) is 11.9 Å². The van der Waals surface area contributed by atoms with Crippen LogP contribution in [0.5, 0.6) is 0 Å². The molecule has 1 aromatic rings. The van der Waals surface area contributed by atoms with Crippen molar-refractivity contribution >= 4 is 11.7 Å². The lowest BCUT2D eigenvalue weighted by Crippen LogP contribution is -2.39. The molecule has 0 aliphatic carbocycles. The summed E-state index contributed by atoms with van der Waals surface area (Å²) in [6, 6.07) is 3.68. The van der Waals surface area contributed by atoms with E-state index in [1.54, 1.807) is 6.20 Å². The van der Waals surface area contributed by atoms with Crippen LogP contribution in [0.4, 0.5) is 5.82 Å². The normalized spacial score (nSPS) is 24.4. The third kappa shape index (κ3) is 2.39. The Labute approximate surface area is 95.5 Å². The maximum absolute atomic E-state index is 11.9. The van der Waals surface area contributed by atoms with Crippen LogP contribution >= 0.6 is 0 Å². The highest BCUT2D eigenvalue weighted by atomic mass is 16.2. The Bertz CT molecular complexity index is 374. The Hall–Kier alpha value is -1.42. The smallest absolute Gasteiger partial charge is 0.242 e. The molecule has 1 aliphatic rings. The molecular weight excluding hydrogens is 202 g/mol. The molecular formula is C12H17N3O. The summed E-state index contributed by atoms with van der Waals surface area (Å²) in [4.78, 5) is 16.1. The maximum Gasteiger partial charge on any atom is 0.242 e. The number of aryl methyl sites for hydroxylation is 1. The molecule has 1 amide bonds. The van der Waals surface area contributed by atoms with Gasteiger partial charge in [-0.1, -0.05) is 13.0 Å². The van der Waals surface area contributed by atoms with Crippen LogP contribution in [-0.2, 0) is 4.79 Å². The van der Waals surface area contributed by atoms with Crippen molar-refractivity contribution in [3.05, 3.63) is 23.9 Å². The first-order chi connectivity index (χ1) is 7.66. The molecule has 0 aromatic carbocycles. The Morgan fingerprint density at radius 3 is 2.94 bits per heavy atom. The van der Waals surface area contributed by atoms with E-state index in [1.165, 1.54) is 0 Å². The summed E-state index contributed by atoms with van der Waals surface area (Å²) in [6.07, 6.45) is 2.81. The van der Waals surface area contributed by atoms with Gasteiger partial charge in [0.05, 0.1) is 6.04 Å². The average Bonchev–Trinajstić information content (AvgIpc) is 2.68. The number of carbonyl (C=O) groups excluding carboxylic acids is 1. The van der Waals surface area contributed by atoms with Gasteiger partial charge in [0.2, 0.25) is 5.91 Å². The SMILES string of the molecule is Cc1ccc(NC(=O)C2NCCC2C)nc1. The van der Waals surface area contributed by atoms with E-state index >= 15 is 0 Å². The second-order valence-corrected chi connectivity index (χ2v) is 4.41. The predicted molar refractivity (Wildman–Crippen MR) is 63.2 cm³/mol. The van der Waals surface area contributed by atoms with Crippen LogP contribution in [0.1, 0.15) is 18.9 Å². The van der Waals surface area contributed by atoms with Gasteiger partial charge < -0.3 is 10.6 Å². The first-order valence-electron chi connectivity index (χ1n) is 5.64. The zero-order valence-corrected chi connectivity index (χ0v) is 9.66. The maximum atomic E-state index is 11.9. The topological polar surface area (TPSA) is 54.0 Å². The summed E-state index contributed by atoms with van der Waals surface area (Å²) >= 11 is 0. The van der Waals surface area contributed by atoms with Crippen LogP contribution in [0.2, 0.25) is 0 Å². The van der Waals surface area contributed by atoms with E-state index < -0.39 is 0 Å². The number of aromatic nitrogens is 1. The minimum Gasteiger partial charge on any atom is -0.309 e. The summed E-state index contributed by atoms with van der Waals surface area (Å²) in [6.45, 7) is 4.98. The van der Waals surface area contributed by atoms with Gasteiger partial charge in [-0.25, -0.2) is 4.98 Å². The van der Waals surface area contributed by atoms with Gasteiger partial charge in [0.1, 0.15) is 5.82 Å². The van der Waals surface area contributed by atoms with Crippen LogP contribution in [0.3, 0.4) is 0 Å². The number of anilines is 1. The highest BCUT2D eigenvalue weighted by Gasteiger charge is 2.29. The second-order valence-electron chi connectivity index (χ2n) is 4.41. The summed E-state index contributed by atoms with van der Waals surface area (Å²) in [7, 11) is 0. The van der Waals surface area contributed by atoms with Crippen molar-refractivity contribution in [1.29, 1.82) is 0 Å². The molecule has 0 radical (unpaired) electrons. The molecule has 1 aliphatic heterocycles. The van der Waals surface area contributed by atoms with Gasteiger partial charge in [0.15, 0.2) is 0 Å². The number of pyridine rings is 1. The fourth-order valence-corrected chi connectivity index (χ4v) is 1.93. The lowest BCUT2D eigenvalue weighted by molar-refractivity contribution is -0.118. The quantitative estimate of drug-likeness (QED) is 0.789. The summed E-state index contributed by atoms with van der Waals surface area (Å²) in [5.41, 5.74) is 1.09. The van der Waals surface area contributed by atoms with Gasteiger partial charge in [-0.05, 0) is 37.4 Å². The zero-order chi connectivity index (χ0) is 11.5. The standard InChI is InChI=1S/C12H17N3O/c1-8-3-4-10(14-7-8)15-12(16)11-9(2)5-6-13-11/h3-4,7,9,11,13H,5-6H2,1-2H3,(H,14,15,16). The summed E-state index contributed by atoms with van der Waals surface area (Å²) < 4.78 is 0. The van der Waals surface area contributed by atoms with Crippen molar-refractivity contribution in [2.75, 3.05) is 11.9 Å². The molecule has 2 N–H and O–H groups in total. The highest BCUT2D eigenvalue weighted by Crippen LogP contribution is 2.16. The van der Waals surface area contributed by atoms with Gasteiger partial charge in [-0.2, -0.15) is 0 Å². The molecule has 1 saturated heterocycles. The zero-order valence-electron chi connectivity index (χ0n) is 9.66. The molecule has 4 nitrogen and oxygen atoms in total. The van der Waals surface area contributed by atoms with Gasteiger partial charge in [0.25, 0.3) is 0 Å². The van der Waals surface area contributed by atoms with Crippen LogP contribution < -0.4 is 10.6 Å². The molecule has 16 heavy (non-hydrogen) atoms. The summed E-state index contributed by atoms with van der Waals surface area (Å²) in [5.74, 6) is 1.03. The third-order valence-corrected chi connectivity index (χ3v) is 2.98. The lowest BCUT2D eigenvalue weighted by Gasteiger charge is -2.14. The Kier molecular flexibility index (Phi) is 3.19. The van der Waals surface area contributed by atoms with Crippen molar-refractivity contribution in [2.24, 2.45) is 5.92 Å². The lowest BCUT2D eigenvalue weighted by atomic mass is 10.0. The average molecular weight is 219 g/mol. The minimum atomic E-state index is -0.0805. The molecule has 86 valence electrons. The first kappa shape index (κ1) is 11.1. The number of carbonyl (C=O) groups is 1. The van der Waals surface area contributed by atoms with Gasteiger partial charge >= 0.3 is 0 Å². The number of hydrogen-bond donors (Lipinski definition) is 2. The van der Waals surface area contributed by atoms with Crippen molar-refractivity contribution in [1.82, 2.24) is 10.3 Å². The predicted octanol–water partition coefficient (Wildman–Crippen LogP) is 1.33. The van der Waals surface area contributed by atoms with Crippen LogP contribution in [0, 0.1) is 12.8 Å². The second kappa shape index (κ2) is 4.61. The molecule has 4 heteroatoms. The van der Waals surface area contributed by atoms with E-state index in [1.807, 2.05) is 19.1 Å². The fraction of sp³-hybridized carbons (Fsp3) is 0.500. The van der Waals surface area contributed by atoms with Crippen molar-refractivity contribution in [3.8, 4) is 0 Å². The largest absolute Gasteiger partial charge is 0.309 e. The molecule has 2 atom stereocenters. The minimum absolute atomic E-state index is 0.0151. The Morgan fingerprint density at radius 1 is 1.56 bits per heavy atom. The number of hydrogen-bond acceptors (Lipinski definition) is 3. The first-order valence-corrected chi connectivity index (χ1v) is 5.64. The Balaban J connectivity index is 1.99. The van der Waals surface area contributed by atoms with E-state index in [4.69, 9.17) is 0 Å². The molecule has 1 fully saturated rings. The van der Waals surface area contributed by atoms with Crippen LogP contribution in [0.15, 0.2) is 18.3 Å². The van der Waals surface area contributed by atoms with E-state index in [9.17, 15) is 4.79 Å². The molecule has 1 aromatic heterocycles. The molecule has 0 saturated carbocycles. The van der Waals surface area contributed by atoms with Gasteiger partial charge in [-0.15, -0.1) is 0 Å². The highest BCUT2D eigenvalue weighted by molar-refractivity contribution is 5.94. The number of rotatable bonds is 2. The molecule has 2 heterocycles. The molecule has 0 bridgehead atoms. The van der Waals surface area contributed by atoms with Crippen LogP contribution in [-0.4, -0.2) is 23.5 Å². The van der Waals surface area contributed by atoms with E-state index in [2.05, 4.69) is 22.5 Å². The number of nitrogens with zero attached hydrogens (tertiary/aromatic N) is 1. The van der Waals surface area contributed by atoms with Crippen LogP contribution in [0.25, 0.3) is 0 Å². The summed E-state index contributed by atoms with van der Waals surface area (Å²) in [5, 5.41) is 6.03. The number of nitrogens with one attached hydrogen (secondary N) is 2. The Morgan fingerprint density at radius 2 is 2.38 bits per heavy atom. The monoisotopic (exact) mass is 219 g/mol. The fourth-order valence-electron chi connectivity index (χ4n) is 1.93. The third-order valence-electron chi connectivity index (χ3n) is 2.98. The number of amides is 1. The van der Waals surface area contributed by atoms with E-state index in [0.29, 0.717) is 11.7 Å². The van der Waals surface area contributed by atoms with Gasteiger partial charge in [0, 0.05) is 6.20 Å². The van der Waals surface area contributed by atoms with Gasteiger partial charge in [-0.3, -0.25) is 4.79 Å². The van der Waals surface area contributed by atoms with Crippen molar-refractivity contribution in [3.63, 3.8) is 0 Å². The van der Waals surface area contributed by atoms with Crippen molar-refractivity contribution in [2.45, 2.75) is 26.3 Å².